The van der Waals surface area contributed by atoms with Crippen molar-refractivity contribution < 1.29 is 24.5 Å². The molecule has 2 aliphatic rings. The van der Waals surface area contributed by atoms with E-state index < -0.39 is 23.8 Å². The van der Waals surface area contributed by atoms with Crippen LogP contribution in [0.1, 0.15) is 12.8 Å². The molecule has 0 aromatic rings. The smallest absolute Gasteiger partial charge is 0.550 e. The molecule has 5 nitrogen and oxygen atoms in total. The number of hydrogen-bond donors (Lipinski definition) is 0. The van der Waals surface area contributed by atoms with Gasteiger partial charge < -0.3 is 24.5 Å². The van der Waals surface area contributed by atoms with Gasteiger partial charge in [0.2, 0.25) is 0 Å². The summed E-state index contributed by atoms with van der Waals surface area (Å²) in [5.74, 6) is -4.53. The average Bonchev–Trinajstić information content (AvgIpc) is 2.78. The van der Waals surface area contributed by atoms with E-state index in [2.05, 4.69) is 0 Å². The Bertz CT molecular complexity index is 240. The normalized spacial score (nSPS) is 39.1. The number of carboxylic acids is 2. The number of carbonyl (C=O) groups excluding carboxylic acids is 2. The zero-order chi connectivity index (χ0) is 9.59. The molecule has 1 aliphatic carbocycles. The van der Waals surface area contributed by atoms with E-state index in [0.717, 1.165) is 0 Å². The number of fused-ring (bicyclic) bond motifs is 1. The van der Waals surface area contributed by atoms with Crippen molar-refractivity contribution in [1.29, 1.82) is 0 Å². The van der Waals surface area contributed by atoms with Gasteiger partial charge in [0.15, 0.2) is 0 Å². The van der Waals surface area contributed by atoms with Crippen molar-refractivity contribution in [2.24, 2.45) is 11.8 Å². The molecule has 4 atom stereocenters. The third kappa shape index (κ3) is 2.08. The maximum atomic E-state index is 10.6. The molecular weight excluding hydrogens is 383 g/mol. The molecule has 0 aromatic heterocycles. The number of epoxide rings is 1. The summed E-state index contributed by atoms with van der Waals surface area (Å²) in [7, 11) is 0. The van der Waals surface area contributed by atoms with E-state index in [1.807, 2.05) is 0 Å². The van der Waals surface area contributed by atoms with E-state index in [4.69, 9.17) is 4.74 Å². The monoisotopic (exact) mass is 392 g/mol. The van der Waals surface area contributed by atoms with Crippen LogP contribution in [0.2, 0.25) is 0 Å². The van der Waals surface area contributed by atoms with Crippen molar-refractivity contribution in [2.75, 3.05) is 0 Å². The van der Waals surface area contributed by atoms with Gasteiger partial charge in [0.1, 0.15) is 0 Å². The molecule has 74 valence electrons. The van der Waals surface area contributed by atoms with E-state index in [1.165, 1.54) is 0 Å². The number of rotatable bonds is 2. The summed E-state index contributed by atoms with van der Waals surface area (Å²) < 4.78 is 5.06. The first-order valence-electron chi connectivity index (χ1n) is 4.16. The molecule has 0 N–H and O–H groups in total. The standard InChI is InChI=1S/C8H10O5.Pb/c9-7(10)3-1-5-6(13-5)2-4(3)8(11)12;/h3-6H,1-2H2,(H,9,10)(H,11,12);/q;+2/p-2. The topological polar surface area (TPSA) is 92.8 Å². The Kier molecular flexibility index (Phi) is 3.51. The van der Waals surface area contributed by atoms with Crippen molar-refractivity contribution in [3.8, 4) is 0 Å². The summed E-state index contributed by atoms with van der Waals surface area (Å²) in [6.07, 6.45) is 0.342. The predicted octanol–water partition coefficient (Wildman–Crippen LogP) is -3.10. The summed E-state index contributed by atoms with van der Waals surface area (Å²) in [5.41, 5.74) is 0. The van der Waals surface area contributed by atoms with Crippen molar-refractivity contribution in [2.45, 2.75) is 25.0 Å². The Morgan fingerprint density at radius 2 is 1.36 bits per heavy atom. The summed E-state index contributed by atoms with van der Waals surface area (Å²) in [4.78, 5) is 21.2. The molecule has 1 heterocycles. The van der Waals surface area contributed by atoms with Gasteiger partial charge in [-0.2, -0.15) is 0 Å². The number of ether oxygens (including phenoxy) is 1. The van der Waals surface area contributed by atoms with Gasteiger partial charge in [-0.05, 0) is 12.8 Å². The van der Waals surface area contributed by atoms with Crippen LogP contribution in [0.3, 0.4) is 0 Å². The zero-order valence-corrected chi connectivity index (χ0v) is 11.2. The van der Waals surface area contributed by atoms with Crippen molar-refractivity contribution >= 4 is 39.2 Å². The molecule has 1 saturated carbocycles. The fraction of sp³-hybridized carbons (Fsp3) is 0.750. The molecule has 1 saturated heterocycles. The summed E-state index contributed by atoms with van der Waals surface area (Å²) in [5, 5.41) is 21.2. The first kappa shape index (κ1) is 11.9. The number of hydrogen-bond acceptors (Lipinski definition) is 5. The first-order valence-corrected chi connectivity index (χ1v) is 4.16. The van der Waals surface area contributed by atoms with E-state index in [0.29, 0.717) is 0 Å². The molecule has 0 aromatic carbocycles. The summed E-state index contributed by atoms with van der Waals surface area (Å²) in [6.45, 7) is 0. The zero-order valence-electron chi connectivity index (χ0n) is 7.26. The molecule has 4 unspecified atom stereocenters. The average molecular weight is 391 g/mol. The van der Waals surface area contributed by atoms with E-state index in [1.54, 1.807) is 0 Å². The second-order valence-electron chi connectivity index (χ2n) is 3.54. The van der Waals surface area contributed by atoms with Gasteiger partial charge in [-0.3, -0.25) is 0 Å². The van der Waals surface area contributed by atoms with Crippen LogP contribution in [-0.2, 0) is 14.3 Å². The Labute approximate surface area is 101 Å². The molecule has 2 rings (SSSR count). The van der Waals surface area contributed by atoms with Crippen LogP contribution in [0.5, 0.6) is 0 Å². The third-order valence-corrected chi connectivity index (χ3v) is 2.75. The Balaban J connectivity index is 0.000000980. The molecule has 0 amide bonds. The van der Waals surface area contributed by atoms with Gasteiger partial charge in [-0.1, -0.05) is 0 Å². The molecule has 0 spiro atoms. The van der Waals surface area contributed by atoms with Gasteiger partial charge >= 0.3 is 27.3 Å². The fourth-order valence-corrected chi connectivity index (χ4v) is 1.94. The second-order valence-corrected chi connectivity index (χ2v) is 3.54. The van der Waals surface area contributed by atoms with E-state index in [9.17, 15) is 19.8 Å². The number of aliphatic carboxylic acids is 2. The summed E-state index contributed by atoms with van der Waals surface area (Å²) in [6, 6.07) is 0. The van der Waals surface area contributed by atoms with Crippen LogP contribution < -0.4 is 10.2 Å². The third-order valence-electron chi connectivity index (χ3n) is 2.75. The minimum absolute atomic E-state index is 0. The molecular formula is C8H8O5Pb. The largest absolute Gasteiger partial charge is 2.00 e. The number of carboxylic acid groups (broad SMARTS) is 2. The minimum Gasteiger partial charge on any atom is -0.550 e. The van der Waals surface area contributed by atoms with Crippen LogP contribution in [0.4, 0.5) is 0 Å². The van der Waals surface area contributed by atoms with Crippen LogP contribution in [-0.4, -0.2) is 51.4 Å². The van der Waals surface area contributed by atoms with Gasteiger partial charge in [0, 0.05) is 23.8 Å². The minimum atomic E-state index is -1.32. The first-order chi connectivity index (χ1) is 6.09. The van der Waals surface area contributed by atoms with Crippen LogP contribution >= 0.6 is 0 Å². The van der Waals surface area contributed by atoms with Crippen molar-refractivity contribution in [3.63, 3.8) is 0 Å². The molecule has 2 radical (unpaired) electrons. The van der Waals surface area contributed by atoms with Gasteiger partial charge in [-0.25, -0.2) is 0 Å². The molecule has 2 fully saturated rings. The van der Waals surface area contributed by atoms with Crippen molar-refractivity contribution in [1.82, 2.24) is 0 Å². The van der Waals surface area contributed by atoms with Gasteiger partial charge in [-0.15, -0.1) is 0 Å². The fourth-order valence-electron chi connectivity index (χ4n) is 1.94. The van der Waals surface area contributed by atoms with Crippen LogP contribution in [0, 0.1) is 11.8 Å². The SMILES string of the molecule is O=C([O-])C1CC2OC2CC1C(=O)[O-].[Pb+2]. The maximum absolute atomic E-state index is 10.6. The second kappa shape index (κ2) is 4.13. The Morgan fingerprint density at radius 1 is 1.00 bits per heavy atom. The van der Waals surface area contributed by atoms with Crippen LogP contribution in [0.15, 0.2) is 0 Å². The molecule has 0 bridgehead atoms. The molecule has 14 heavy (non-hydrogen) atoms. The Morgan fingerprint density at radius 3 is 1.64 bits per heavy atom. The maximum Gasteiger partial charge on any atom is 2.00 e. The molecule has 6 heteroatoms. The number of carbonyl (C=O) groups is 2. The van der Waals surface area contributed by atoms with Gasteiger partial charge in [0.25, 0.3) is 0 Å². The van der Waals surface area contributed by atoms with Gasteiger partial charge in [0.05, 0.1) is 12.2 Å². The Hall–Kier alpha value is -0.178. The van der Waals surface area contributed by atoms with Crippen molar-refractivity contribution in [3.05, 3.63) is 0 Å². The predicted molar refractivity (Wildman–Crippen MR) is 40.6 cm³/mol. The molecule has 1 aliphatic heterocycles. The quantitative estimate of drug-likeness (QED) is 0.367. The van der Waals surface area contributed by atoms with Crippen LogP contribution in [0.25, 0.3) is 0 Å². The van der Waals surface area contributed by atoms with E-state index in [-0.39, 0.29) is 52.3 Å². The van der Waals surface area contributed by atoms with E-state index >= 15 is 0 Å². The summed E-state index contributed by atoms with van der Waals surface area (Å²) >= 11 is 0.